The van der Waals surface area contributed by atoms with E-state index in [2.05, 4.69) is 10.1 Å². The molecule has 1 aliphatic carbocycles. The molecule has 3 N–H and O–H groups in total. The molecule has 1 saturated carbocycles. The lowest BCUT2D eigenvalue weighted by Crippen LogP contribution is -2.51. The van der Waals surface area contributed by atoms with E-state index in [9.17, 15) is 9.59 Å². The maximum atomic E-state index is 12.0. The SMILES string of the molecule is COC(=O)[C@H](C)NC(=O)C1(C)CCCC1N. The van der Waals surface area contributed by atoms with Gasteiger partial charge in [-0.1, -0.05) is 6.42 Å². The van der Waals surface area contributed by atoms with E-state index in [1.165, 1.54) is 7.11 Å². The average Bonchev–Trinajstić information content (AvgIpc) is 2.59. The smallest absolute Gasteiger partial charge is 0.328 e. The predicted molar refractivity (Wildman–Crippen MR) is 59.6 cm³/mol. The van der Waals surface area contributed by atoms with Gasteiger partial charge in [-0.3, -0.25) is 4.79 Å². The van der Waals surface area contributed by atoms with E-state index >= 15 is 0 Å². The van der Waals surface area contributed by atoms with Crippen LogP contribution in [0.25, 0.3) is 0 Å². The summed E-state index contributed by atoms with van der Waals surface area (Å²) in [6, 6.07) is -0.750. The molecule has 0 radical (unpaired) electrons. The van der Waals surface area contributed by atoms with Gasteiger partial charge in [-0.2, -0.15) is 0 Å². The Hall–Kier alpha value is -1.10. The highest BCUT2D eigenvalue weighted by Gasteiger charge is 2.43. The molecule has 0 aromatic rings. The molecule has 5 heteroatoms. The van der Waals surface area contributed by atoms with E-state index < -0.39 is 17.4 Å². The van der Waals surface area contributed by atoms with Crippen molar-refractivity contribution in [2.45, 2.75) is 45.2 Å². The van der Waals surface area contributed by atoms with E-state index in [1.54, 1.807) is 6.92 Å². The second kappa shape index (κ2) is 4.82. The van der Waals surface area contributed by atoms with Gasteiger partial charge in [0.1, 0.15) is 6.04 Å². The van der Waals surface area contributed by atoms with Crippen LogP contribution >= 0.6 is 0 Å². The number of hydrogen-bond acceptors (Lipinski definition) is 4. The van der Waals surface area contributed by atoms with Gasteiger partial charge in [0.25, 0.3) is 0 Å². The van der Waals surface area contributed by atoms with E-state index in [0.29, 0.717) is 0 Å². The first-order chi connectivity index (χ1) is 7.41. The zero-order valence-corrected chi connectivity index (χ0v) is 10.1. The number of methoxy groups -OCH3 is 1. The molecule has 0 aromatic heterocycles. The summed E-state index contributed by atoms with van der Waals surface area (Å²) in [6.07, 6.45) is 2.59. The van der Waals surface area contributed by atoms with Gasteiger partial charge in [0.15, 0.2) is 0 Å². The molecule has 1 rings (SSSR count). The number of hydrogen-bond donors (Lipinski definition) is 2. The van der Waals surface area contributed by atoms with Crippen LogP contribution in [-0.4, -0.2) is 31.1 Å². The van der Waals surface area contributed by atoms with Crippen LogP contribution in [0, 0.1) is 5.41 Å². The monoisotopic (exact) mass is 228 g/mol. The van der Waals surface area contributed by atoms with Crippen molar-refractivity contribution in [3.05, 3.63) is 0 Å². The molecule has 3 atom stereocenters. The Balaban J connectivity index is 2.61. The molecule has 0 aromatic carbocycles. The zero-order chi connectivity index (χ0) is 12.3. The van der Waals surface area contributed by atoms with Crippen molar-refractivity contribution in [2.24, 2.45) is 11.1 Å². The van der Waals surface area contributed by atoms with E-state index in [1.807, 2.05) is 6.92 Å². The van der Waals surface area contributed by atoms with Crippen LogP contribution in [0.1, 0.15) is 33.1 Å². The summed E-state index contributed by atoms with van der Waals surface area (Å²) in [4.78, 5) is 23.2. The molecule has 1 fully saturated rings. The lowest BCUT2D eigenvalue weighted by molar-refractivity contribution is -0.146. The molecule has 0 bridgehead atoms. The zero-order valence-electron chi connectivity index (χ0n) is 10.1. The Bertz CT molecular complexity index is 293. The number of esters is 1. The molecule has 92 valence electrons. The van der Waals surface area contributed by atoms with Gasteiger partial charge in [0.05, 0.1) is 12.5 Å². The summed E-state index contributed by atoms with van der Waals surface area (Å²) in [6.45, 7) is 3.46. The molecule has 0 spiro atoms. The first-order valence-electron chi connectivity index (χ1n) is 5.56. The average molecular weight is 228 g/mol. The molecular weight excluding hydrogens is 208 g/mol. The van der Waals surface area contributed by atoms with E-state index in [-0.39, 0.29) is 11.9 Å². The van der Waals surface area contributed by atoms with Crippen LogP contribution in [0.3, 0.4) is 0 Å². The number of ether oxygens (including phenoxy) is 1. The van der Waals surface area contributed by atoms with Crippen molar-refractivity contribution in [2.75, 3.05) is 7.11 Å². The largest absolute Gasteiger partial charge is 0.467 e. The number of carbonyl (C=O) groups is 2. The molecule has 1 amide bonds. The fourth-order valence-corrected chi connectivity index (χ4v) is 2.07. The minimum Gasteiger partial charge on any atom is -0.467 e. The van der Waals surface area contributed by atoms with Crippen molar-refractivity contribution in [1.29, 1.82) is 0 Å². The van der Waals surface area contributed by atoms with Crippen LogP contribution in [0.15, 0.2) is 0 Å². The van der Waals surface area contributed by atoms with Crippen LogP contribution in [0.5, 0.6) is 0 Å². The normalized spacial score (nSPS) is 30.9. The Labute approximate surface area is 95.7 Å². The van der Waals surface area contributed by atoms with Crippen LogP contribution in [-0.2, 0) is 14.3 Å². The Morgan fingerprint density at radius 1 is 1.56 bits per heavy atom. The first-order valence-corrected chi connectivity index (χ1v) is 5.56. The molecule has 2 unspecified atom stereocenters. The van der Waals surface area contributed by atoms with Crippen molar-refractivity contribution >= 4 is 11.9 Å². The highest BCUT2D eigenvalue weighted by molar-refractivity contribution is 5.88. The molecule has 5 nitrogen and oxygen atoms in total. The van der Waals surface area contributed by atoms with Crippen molar-refractivity contribution < 1.29 is 14.3 Å². The summed E-state index contributed by atoms with van der Waals surface area (Å²) in [5.41, 5.74) is 5.37. The summed E-state index contributed by atoms with van der Waals surface area (Å²) < 4.78 is 4.55. The number of rotatable bonds is 3. The second-order valence-corrected chi connectivity index (χ2v) is 4.63. The summed E-state index contributed by atoms with van der Waals surface area (Å²) >= 11 is 0. The molecule has 0 heterocycles. The molecule has 0 saturated heterocycles. The van der Waals surface area contributed by atoms with Gasteiger partial charge in [-0.25, -0.2) is 4.79 Å². The molecular formula is C11H20N2O3. The predicted octanol–water partition coefficient (Wildman–Crippen LogP) is 0.182. The highest BCUT2D eigenvalue weighted by atomic mass is 16.5. The van der Waals surface area contributed by atoms with Crippen molar-refractivity contribution in [3.8, 4) is 0 Å². The fourth-order valence-electron chi connectivity index (χ4n) is 2.07. The van der Waals surface area contributed by atoms with E-state index in [0.717, 1.165) is 19.3 Å². The topological polar surface area (TPSA) is 81.4 Å². The van der Waals surface area contributed by atoms with Gasteiger partial charge < -0.3 is 15.8 Å². The molecule has 1 aliphatic rings. The van der Waals surface area contributed by atoms with Gasteiger partial charge in [0.2, 0.25) is 5.91 Å². The molecule has 16 heavy (non-hydrogen) atoms. The minimum absolute atomic E-state index is 0.127. The van der Waals surface area contributed by atoms with E-state index in [4.69, 9.17) is 5.73 Å². The Morgan fingerprint density at radius 3 is 2.62 bits per heavy atom. The number of nitrogens with two attached hydrogens (primary N) is 1. The third-order valence-electron chi connectivity index (χ3n) is 3.45. The second-order valence-electron chi connectivity index (χ2n) is 4.63. The summed E-state index contributed by atoms with van der Waals surface area (Å²) in [5, 5.41) is 2.65. The quantitative estimate of drug-likeness (QED) is 0.675. The van der Waals surface area contributed by atoms with Crippen molar-refractivity contribution in [1.82, 2.24) is 5.32 Å². The van der Waals surface area contributed by atoms with Crippen LogP contribution < -0.4 is 11.1 Å². The number of nitrogens with one attached hydrogen (secondary N) is 1. The minimum atomic E-state index is -0.623. The summed E-state index contributed by atoms with van der Waals surface area (Å²) in [7, 11) is 1.30. The Morgan fingerprint density at radius 2 is 2.19 bits per heavy atom. The van der Waals surface area contributed by atoms with Crippen molar-refractivity contribution in [3.63, 3.8) is 0 Å². The highest BCUT2D eigenvalue weighted by Crippen LogP contribution is 2.36. The number of amides is 1. The Kier molecular flexibility index (Phi) is 3.91. The lowest BCUT2D eigenvalue weighted by Gasteiger charge is -2.28. The lowest BCUT2D eigenvalue weighted by atomic mass is 9.84. The maximum Gasteiger partial charge on any atom is 0.328 e. The fraction of sp³-hybridized carbons (Fsp3) is 0.818. The van der Waals surface area contributed by atoms with Crippen LogP contribution in [0.4, 0.5) is 0 Å². The first kappa shape index (κ1) is 13.0. The van der Waals surface area contributed by atoms with Gasteiger partial charge in [0, 0.05) is 6.04 Å². The van der Waals surface area contributed by atoms with Gasteiger partial charge in [-0.15, -0.1) is 0 Å². The maximum absolute atomic E-state index is 12.0. The standard InChI is InChI=1S/C11H20N2O3/c1-7(9(14)16-3)13-10(15)11(2)6-4-5-8(11)12/h7-8H,4-6,12H2,1-3H3,(H,13,15)/t7-,8?,11?/m0/s1. The molecule has 0 aliphatic heterocycles. The third kappa shape index (κ3) is 2.35. The number of carbonyl (C=O) groups excluding carboxylic acids is 2. The van der Waals surface area contributed by atoms with Gasteiger partial charge in [-0.05, 0) is 26.7 Å². The van der Waals surface area contributed by atoms with Crippen LogP contribution in [0.2, 0.25) is 0 Å². The summed E-state index contributed by atoms with van der Waals surface area (Å²) in [5.74, 6) is -0.598. The van der Waals surface area contributed by atoms with Gasteiger partial charge >= 0.3 is 5.97 Å². The third-order valence-corrected chi connectivity index (χ3v) is 3.45.